The van der Waals surface area contributed by atoms with Crippen molar-refractivity contribution in [3.05, 3.63) is 57.8 Å². The first-order valence-corrected chi connectivity index (χ1v) is 11.0. The van der Waals surface area contributed by atoms with Crippen LogP contribution in [0.25, 0.3) is 0 Å². The first kappa shape index (κ1) is 23.1. The van der Waals surface area contributed by atoms with Gasteiger partial charge in [0.15, 0.2) is 11.5 Å². The minimum absolute atomic E-state index is 0.0273. The number of ether oxygens (including phenoxy) is 2. The molecule has 31 heavy (non-hydrogen) atoms. The van der Waals surface area contributed by atoms with E-state index in [2.05, 4.69) is 15.9 Å². The second kappa shape index (κ2) is 10.6. The summed E-state index contributed by atoms with van der Waals surface area (Å²) in [6.07, 6.45) is 1.08. The summed E-state index contributed by atoms with van der Waals surface area (Å²) in [5, 5.41) is 0. The Kier molecular flexibility index (Phi) is 7.90. The van der Waals surface area contributed by atoms with E-state index in [-0.39, 0.29) is 24.1 Å². The van der Waals surface area contributed by atoms with Crippen molar-refractivity contribution >= 4 is 27.7 Å². The van der Waals surface area contributed by atoms with Crippen molar-refractivity contribution in [3.8, 4) is 11.5 Å². The van der Waals surface area contributed by atoms with E-state index >= 15 is 0 Å². The lowest BCUT2D eigenvalue weighted by Crippen LogP contribution is -2.51. The average molecular weight is 493 g/mol. The third-order valence-electron chi connectivity index (χ3n) is 5.12. The molecule has 2 amide bonds. The van der Waals surface area contributed by atoms with Gasteiger partial charge in [0.05, 0.1) is 24.6 Å². The van der Waals surface area contributed by atoms with Gasteiger partial charge in [-0.05, 0) is 52.2 Å². The third kappa shape index (κ3) is 5.76. The van der Waals surface area contributed by atoms with E-state index in [1.165, 1.54) is 12.1 Å². The zero-order chi connectivity index (χ0) is 22.4. The summed E-state index contributed by atoms with van der Waals surface area (Å²) in [4.78, 5) is 29.0. The zero-order valence-corrected chi connectivity index (χ0v) is 19.3. The predicted octanol–water partition coefficient (Wildman–Crippen LogP) is 3.91. The minimum atomic E-state index is -0.323. The molecule has 1 heterocycles. The summed E-state index contributed by atoms with van der Waals surface area (Å²) in [7, 11) is 1.54. The molecule has 3 rings (SSSR count). The number of carbonyl (C=O) groups excluding carboxylic acids is 2. The van der Waals surface area contributed by atoms with E-state index in [4.69, 9.17) is 9.47 Å². The van der Waals surface area contributed by atoms with Crippen molar-refractivity contribution in [3.63, 3.8) is 0 Å². The Labute approximate surface area is 190 Å². The maximum absolute atomic E-state index is 13.0. The van der Waals surface area contributed by atoms with Crippen LogP contribution in [0.5, 0.6) is 11.5 Å². The second-order valence-electron chi connectivity index (χ2n) is 7.31. The molecule has 8 heteroatoms. The summed E-state index contributed by atoms with van der Waals surface area (Å²) in [6.45, 7) is 4.38. The highest BCUT2D eigenvalue weighted by Gasteiger charge is 2.26. The Morgan fingerprint density at radius 2 is 1.71 bits per heavy atom. The van der Waals surface area contributed by atoms with Crippen LogP contribution in [0, 0.1) is 5.82 Å². The Balaban J connectivity index is 1.61. The zero-order valence-electron chi connectivity index (χ0n) is 17.7. The minimum Gasteiger partial charge on any atom is -0.493 e. The van der Waals surface area contributed by atoms with Crippen LogP contribution in [0.1, 0.15) is 29.3 Å². The standard InChI is InChI=1S/C23H26BrFN2O4/c1-3-12-31-22-19(24)14-17(15-20(22)30-2)23(29)27-10-8-26(9-11-27)21(28)13-16-4-6-18(25)7-5-16/h4-7,14-15H,3,8-13H2,1-2H3. The van der Waals surface area contributed by atoms with Gasteiger partial charge in [0.2, 0.25) is 5.91 Å². The van der Waals surface area contributed by atoms with Crippen molar-refractivity contribution in [2.75, 3.05) is 39.9 Å². The molecule has 1 aliphatic heterocycles. The first-order chi connectivity index (χ1) is 14.9. The number of nitrogens with zero attached hydrogens (tertiary/aromatic N) is 2. The first-order valence-electron chi connectivity index (χ1n) is 10.2. The molecule has 0 bridgehead atoms. The Hall–Kier alpha value is -2.61. The normalized spacial score (nSPS) is 13.8. The monoisotopic (exact) mass is 492 g/mol. The average Bonchev–Trinajstić information content (AvgIpc) is 2.79. The number of hydrogen-bond acceptors (Lipinski definition) is 4. The number of carbonyl (C=O) groups is 2. The van der Waals surface area contributed by atoms with Crippen molar-refractivity contribution in [1.82, 2.24) is 9.80 Å². The highest BCUT2D eigenvalue weighted by atomic mass is 79.9. The molecule has 2 aromatic carbocycles. The van der Waals surface area contributed by atoms with Gasteiger partial charge in [0.1, 0.15) is 5.82 Å². The van der Waals surface area contributed by atoms with Crippen LogP contribution in [0.15, 0.2) is 40.9 Å². The Morgan fingerprint density at radius 1 is 1.06 bits per heavy atom. The number of methoxy groups -OCH3 is 1. The highest BCUT2D eigenvalue weighted by molar-refractivity contribution is 9.10. The number of amides is 2. The SMILES string of the molecule is CCCOc1c(Br)cc(C(=O)N2CCN(C(=O)Cc3ccc(F)cc3)CC2)cc1OC. The Morgan fingerprint density at radius 3 is 2.32 bits per heavy atom. The van der Waals surface area contributed by atoms with Gasteiger partial charge in [-0.1, -0.05) is 19.1 Å². The topological polar surface area (TPSA) is 59.1 Å². The number of piperazine rings is 1. The molecule has 1 saturated heterocycles. The van der Waals surface area contributed by atoms with Gasteiger partial charge in [-0.15, -0.1) is 0 Å². The largest absolute Gasteiger partial charge is 0.493 e. The lowest BCUT2D eigenvalue weighted by Gasteiger charge is -2.35. The lowest BCUT2D eigenvalue weighted by atomic mass is 10.1. The van der Waals surface area contributed by atoms with Crippen LogP contribution in [-0.4, -0.2) is 61.5 Å². The van der Waals surface area contributed by atoms with Crippen molar-refractivity contribution in [2.24, 2.45) is 0 Å². The number of rotatable bonds is 7. The molecule has 6 nitrogen and oxygen atoms in total. The number of benzene rings is 2. The third-order valence-corrected chi connectivity index (χ3v) is 5.70. The summed E-state index contributed by atoms with van der Waals surface area (Å²) >= 11 is 3.47. The summed E-state index contributed by atoms with van der Waals surface area (Å²) < 4.78 is 24.8. The highest BCUT2D eigenvalue weighted by Crippen LogP contribution is 2.37. The van der Waals surface area contributed by atoms with Crippen LogP contribution in [-0.2, 0) is 11.2 Å². The van der Waals surface area contributed by atoms with Gasteiger partial charge < -0.3 is 19.3 Å². The fourth-order valence-electron chi connectivity index (χ4n) is 3.42. The molecule has 0 atom stereocenters. The molecular formula is C23H26BrFN2O4. The van der Waals surface area contributed by atoms with Gasteiger partial charge in [-0.3, -0.25) is 9.59 Å². The van der Waals surface area contributed by atoms with Crippen molar-refractivity contribution < 1.29 is 23.5 Å². The van der Waals surface area contributed by atoms with Crippen LogP contribution >= 0.6 is 15.9 Å². The quantitative estimate of drug-likeness (QED) is 0.587. The number of hydrogen-bond donors (Lipinski definition) is 0. The lowest BCUT2D eigenvalue weighted by molar-refractivity contribution is -0.131. The summed E-state index contributed by atoms with van der Waals surface area (Å²) in [5.41, 5.74) is 1.27. The van der Waals surface area contributed by atoms with Gasteiger partial charge in [0, 0.05) is 31.7 Å². The molecule has 1 fully saturated rings. The van der Waals surface area contributed by atoms with Gasteiger partial charge in [-0.25, -0.2) is 4.39 Å². The van der Waals surface area contributed by atoms with E-state index in [0.29, 0.717) is 54.3 Å². The van der Waals surface area contributed by atoms with Gasteiger partial charge >= 0.3 is 0 Å². The fourth-order valence-corrected chi connectivity index (χ4v) is 3.97. The van der Waals surface area contributed by atoms with E-state index < -0.39 is 0 Å². The molecule has 2 aromatic rings. The second-order valence-corrected chi connectivity index (χ2v) is 8.17. The molecular weight excluding hydrogens is 467 g/mol. The molecule has 0 radical (unpaired) electrons. The van der Waals surface area contributed by atoms with Gasteiger partial charge in [-0.2, -0.15) is 0 Å². The van der Waals surface area contributed by atoms with Crippen LogP contribution in [0.2, 0.25) is 0 Å². The van der Waals surface area contributed by atoms with Crippen LogP contribution < -0.4 is 9.47 Å². The molecule has 0 aromatic heterocycles. The van der Waals surface area contributed by atoms with E-state index in [1.54, 1.807) is 41.2 Å². The molecule has 1 aliphatic rings. The molecule has 0 spiro atoms. The van der Waals surface area contributed by atoms with E-state index in [0.717, 1.165) is 12.0 Å². The van der Waals surface area contributed by atoms with Crippen molar-refractivity contribution in [1.29, 1.82) is 0 Å². The van der Waals surface area contributed by atoms with Gasteiger partial charge in [0.25, 0.3) is 5.91 Å². The maximum atomic E-state index is 13.0. The predicted molar refractivity (Wildman–Crippen MR) is 119 cm³/mol. The Bertz CT molecular complexity index is 928. The number of halogens is 2. The maximum Gasteiger partial charge on any atom is 0.254 e. The summed E-state index contributed by atoms with van der Waals surface area (Å²) in [6, 6.07) is 9.36. The van der Waals surface area contributed by atoms with Crippen LogP contribution in [0.4, 0.5) is 4.39 Å². The molecule has 0 unspecified atom stereocenters. The van der Waals surface area contributed by atoms with Crippen LogP contribution in [0.3, 0.4) is 0 Å². The van der Waals surface area contributed by atoms with E-state index in [9.17, 15) is 14.0 Å². The molecule has 0 saturated carbocycles. The van der Waals surface area contributed by atoms with Crippen molar-refractivity contribution in [2.45, 2.75) is 19.8 Å². The molecule has 0 aliphatic carbocycles. The smallest absolute Gasteiger partial charge is 0.254 e. The summed E-state index contributed by atoms with van der Waals surface area (Å²) in [5.74, 6) is 0.611. The van der Waals surface area contributed by atoms with E-state index in [1.807, 2.05) is 6.92 Å². The fraction of sp³-hybridized carbons (Fsp3) is 0.391. The molecule has 166 valence electrons. The molecule has 0 N–H and O–H groups in total.